The SMILES string of the molecule is CCCCCCOc1c(O)c2ccc(OCCCC)cc2n(CCCCCC)c1=O. The van der Waals surface area contributed by atoms with Crippen LogP contribution in [0.4, 0.5) is 0 Å². The summed E-state index contributed by atoms with van der Waals surface area (Å²) in [5, 5.41) is 11.4. The topological polar surface area (TPSA) is 60.7 Å². The fraction of sp³-hybridized carbons (Fsp3) is 0.640. The minimum atomic E-state index is -0.252. The number of aromatic nitrogens is 1. The second-order valence-electron chi connectivity index (χ2n) is 7.99. The smallest absolute Gasteiger partial charge is 0.297 e. The van der Waals surface area contributed by atoms with E-state index in [9.17, 15) is 9.90 Å². The first-order valence-electron chi connectivity index (χ1n) is 11.8. The second kappa shape index (κ2) is 13.2. The number of benzene rings is 1. The maximum atomic E-state index is 13.2. The van der Waals surface area contributed by atoms with Crippen molar-refractivity contribution in [1.29, 1.82) is 0 Å². The van der Waals surface area contributed by atoms with Gasteiger partial charge in [0.25, 0.3) is 5.56 Å². The summed E-state index contributed by atoms with van der Waals surface area (Å²) in [7, 11) is 0. The predicted molar refractivity (Wildman–Crippen MR) is 124 cm³/mol. The van der Waals surface area contributed by atoms with Crippen molar-refractivity contribution in [3.8, 4) is 17.2 Å². The monoisotopic (exact) mass is 417 g/mol. The molecule has 0 aliphatic rings. The summed E-state index contributed by atoms with van der Waals surface area (Å²) < 4.78 is 13.4. The maximum absolute atomic E-state index is 13.2. The predicted octanol–water partition coefficient (Wildman–Crippen LogP) is 6.43. The minimum Gasteiger partial charge on any atom is -0.504 e. The zero-order valence-corrected chi connectivity index (χ0v) is 19.0. The molecular weight excluding hydrogens is 378 g/mol. The molecule has 5 heteroatoms. The van der Waals surface area contributed by atoms with Crippen molar-refractivity contribution in [2.45, 2.75) is 91.5 Å². The molecule has 1 aromatic carbocycles. The van der Waals surface area contributed by atoms with Crippen LogP contribution in [0.1, 0.15) is 85.0 Å². The fourth-order valence-corrected chi connectivity index (χ4v) is 3.57. The maximum Gasteiger partial charge on any atom is 0.297 e. The van der Waals surface area contributed by atoms with Gasteiger partial charge in [-0.1, -0.05) is 65.7 Å². The van der Waals surface area contributed by atoms with Crippen LogP contribution in [0.5, 0.6) is 17.2 Å². The number of hydrogen-bond acceptors (Lipinski definition) is 4. The molecule has 1 N–H and O–H groups in total. The van der Waals surface area contributed by atoms with Crippen molar-refractivity contribution in [3.63, 3.8) is 0 Å². The third-order valence-electron chi connectivity index (χ3n) is 5.42. The van der Waals surface area contributed by atoms with Crippen molar-refractivity contribution in [3.05, 3.63) is 28.6 Å². The van der Waals surface area contributed by atoms with Crippen molar-refractivity contribution in [1.82, 2.24) is 4.57 Å². The number of nitrogens with zero attached hydrogens (tertiary/aromatic N) is 1. The summed E-state index contributed by atoms with van der Waals surface area (Å²) in [5.41, 5.74) is 0.457. The van der Waals surface area contributed by atoms with E-state index in [1.807, 2.05) is 18.2 Å². The van der Waals surface area contributed by atoms with Gasteiger partial charge in [0.1, 0.15) is 5.75 Å². The average Bonchev–Trinajstić information content (AvgIpc) is 2.75. The summed E-state index contributed by atoms with van der Waals surface area (Å²) in [5.74, 6) is 0.745. The molecule has 0 aliphatic heterocycles. The molecule has 2 rings (SSSR count). The van der Waals surface area contributed by atoms with Crippen LogP contribution >= 0.6 is 0 Å². The van der Waals surface area contributed by atoms with Gasteiger partial charge in [0, 0.05) is 18.0 Å². The lowest BCUT2D eigenvalue weighted by Crippen LogP contribution is -2.23. The Labute approximate surface area is 181 Å². The first kappa shape index (κ1) is 24.1. The van der Waals surface area contributed by atoms with Gasteiger partial charge in [-0.2, -0.15) is 0 Å². The number of fused-ring (bicyclic) bond motifs is 1. The molecule has 0 atom stereocenters. The van der Waals surface area contributed by atoms with E-state index in [1.165, 1.54) is 0 Å². The molecule has 1 heterocycles. The van der Waals surface area contributed by atoms with Gasteiger partial charge in [0.15, 0.2) is 5.75 Å². The largest absolute Gasteiger partial charge is 0.504 e. The Morgan fingerprint density at radius 2 is 1.50 bits per heavy atom. The van der Waals surface area contributed by atoms with E-state index in [0.29, 0.717) is 30.7 Å². The Morgan fingerprint density at radius 3 is 2.20 bits per heavy atom. The van der Waals surface area contributed by atoms with Gasteiger partial charge in [0.2, 0.25) is 5.75 Å². The van der Waals surface area contributed by atoms with Gasteiger partial charge >= 0.3 is 0 Å². The lowest BCUT2D eigenvalue weighted by Gasteiger charge is -2.17. The summed E-state index contributed by atoms with van der Waals surface area (Å²) in [4.78, 5) is 13.2. The first-order valence-corrected chi connectivity index (χ1v) is 11.8. The third kappa shape index (κ3) is 6.68. The van der Waals surface area contributed by atoms with E-state index < -0.39 is 0 Å². The lowest BCUT2D eigenvalue weighted by atomic mass is 10.1. The van der Waals surface area contributed by atoms with Gasteiger partial charge in [-0.15, -0.1) is 0 Å². The van der Waals surface area contributed by atoms with Gasteiger partial charge < -0.3 is 19.1 Å². The van der Waals surface area contributed by atoms with E-state index in [1.54, 1.807) is 4.57 Å². The summed E-state index contributed by atoms with van der Waals surface area (Å²) in [6, 6.07) is 5.56. The van der Waals surface area contributed by atoms with E-state index >= 15 is 0 Å². The van der Waals surface area contributed by atoms with Crippen LogP contribution in [0.3, 0.4) is 0 Å². The van der Waals surface area contributed by atoms with Crippen molar-refractivity contribution in [2.75, 3.05) is 13.2 Å². The van der Waals surface area contributed by atoms with Gasteiger partial charge in [-0.3, -0.25) is 4.79 Å². The van der Waals surface area contributed by atoms with E-state index in [2.05, 4.69) is 20.8 Å². The molecule has 0 radical (unpaired) electrons. The molecule has 1 aromatic heterocycles. The van der Waals surface area contributed by atoms with E-state index in [-0.39, 0.29) is 17.1 Å². The minimum absolute atomic E-state index is 0.0598. The highest BCUT2D eigenvalue weighted by molar-refractivity contribution is 5.88. The number of pyridine rings is 1. The molecule has 0 aliphatic carbocycles. The number of ether oxygens (including phenoxy) is 2. The van der Waals surface area contributed by atoms with E-state index in [0.717, 1.165) is 70.0 Å². The second-order valence-corrected chi connectivity index (χ2v) is 7.99. The highest BCUT2D eigenvalue weighted by Gasteiger charge is 2.18. The highest BCUT2D eigenvalue weighted by Crippen LogP contribution is 2.33. The molecule has 0 unspecified atom stereocenters. The lowest BCUT2D eigenvalue weighted by molar-refractivity contribution is 0.284. The Morgan fingerprint density at radius 1 is 0.833 bits per heavy atom. The third-order valence-corrected chi connectivity index (χ3v) is 5.42. The Bertz CT molecular complexity index is 828. The molecule has 168 valence electrons. The Balaban J connectivity index is 2.34. The van der Waals surface area contributed by atoms with Crippen LogP contribution in [0.2, 0.25) is 0 Å². The standard InChI is InChI=1S/C25H39NO4/c1-4-7-10-12-16-26-22-19-20(29-17-9-6-3)14-15-21(22)23(27)24(25(26)28)30-18-13-11-8-5-2/h14-15,19,27H,4-13,16-18H2,1-3H3. The molecule has 0 saturated carbocycles. The molecule has 2 aromatic rings. The molecule has 30 heavy (non-hydrogen) atoms. The van der Waals surface area contributed by atoms with Crippen LogP contribution in [0.15, 0.2) is 23.0 Å². The Kier molecular flexibility index (Phi) is 10.6. The van der Waals surface area contributed by atoms with Crippen LogP contribution in [0.25, 0.3) is 10.9 Å². The molecule has 0 fully saturated rings. The summed E-state index contributed by atoms with van der Waals surface area (Å²) in [6.45, 7) is 8.16. The Hall–Kier alpha value is -2.17. The first-order chi connectivity index (χ1) is 14.6. The number of hydrogen-bond donors (Lipinski definition) is 1. The van der Waals surface area contributed by atoms with Gasteiger partial charge in [-0.05, 0) is 31.4 Å². The molecular formula is C25H39NO4. The van der Waals surface area contributed by atoms with E-state index in [4.69, 9.17) is 9.47 Å². The van der Waals surface area contributed by atoms with Crippen LogP contribution in [-0.4, -0.2) is 22.9 Å². The average molecular weight is 418 g/mol. The molecule has 5 nitrogen and oxygen atoms in total. The number of unbranched alkanes of at least 4 members (excludes halogenated alkanes) is 7. The van der Waals surface area contributed by atoms with Crippen LogP contribution < -0.4 is 15.0 Å². The molecule has 0 bridgehead atoms. The molecule has 0 saturated heterocycles. The van der Waals surface area contributed by atoms with Crippen LogP contribution in [-0.2, 0) is 6.54 Å². The normalized spacial score (nSPS) is 11.2. The van der Waals surface area contributed by atoms with Crippen molar-refractivity contribution in [2.24, 2.45) is 0 Å². The van der Waals surface area contributed by atoms with Crippen LogP contribution in [0, 0.1) is 0 Å². The highest BCUT2D eigenvalue weighted by atomic mass is 16.5. The number of aromatic hydroxyl groups is 1. The summed E-state index contributed by atoms with van der Waals surface area (Å²) >= 11 is 0. The number of rotatable bonds is 15. The van der Waals surface area contributed by atoms with Gasteiger partial charge in [0.05, 0.1) is 18.7 Å². The summed E-state index contributed by atoms with van der Waals surface area (Å²) in [6.07, 6.45) is 10.6. The zero-order valence-electron chi connectivity index (χ0n) is 19.0. The van der Waals surface area contributed by atoms with Gasteiger partial charge in [-0.25, -0.2) is 0 Å². The fourth-order valence-electron chi connectivity index (χ4n) is 3.57. The number of aryl methyl sites for hydroxylation is 1. The van der Waals surface area contributed by atoms with Crippen molar-refractivity contribution >= 4 is 10.9 Å². The molecule has 0 amide bonds. The zero-order chi connectivity index (χ0) is 21.8. The molecule has 0 spiro atoms. The quantitative estimate of drug-likeness (QED) is 0.339. The van der Waals surface area contributed by atoms with Crippen molar-refractivity contribution < 1.29 is 14.6 Å².